The van der Waals surface area contributed by atoms with Gasteiger partial charge in [-0.1, -0.05) is 17.7 Å². The van der Waals surface area contributed by atoms with E-state index >= 15 is 0 Å². The monoisotopic (exact) mass is 349 g/mol. The number of benzene rings is 2. The summed E-state index contributed by atoms with van der Waals surface area (Å²) >= 11 is 5.93. The molecule has 2 heterocycles. The van der Waals surface area contributed by atoms with E-state index in [-0.39, 0.29) is 5.91 Å². The average molecular weight is 350 g/mol. The standard InChI is InChI=1S/C19H12ClN3O2/c20-14-4-1-5-15(10-14)22-18(24)12-6-7-16-17(9-12)25-19(23-16)13-3-2-8-21-11-13/h1-11H,(H,22,24). The van der Waals surface area contributed by atoms with Gasteiger partial charge in [0, 0.05) is 28.7 Å². The SMILES string of the molecule is O=C(Nc1cccc(Cl)c1)c1ccc2nc(-c3cccnc3)oc2c1. The molecule has 0 atom stereocenters. The van der Waals surface area contributed by atoms with Crippen molar-refractivity contribution in [3.05, 3.63) is 77.6 Å². The number of nitrogens with zero attached hydrogens (tertiary/aromatic N) is 2. The Bertz CT molecular complexity index is 1060. The molecular weight excluding hydrogens is 338 g/mol. The molecule has 0 saturated heterocycles. The van der Waals surface area contributed by atoms with Gasteiger partial charge < -0.3 is 9.73 Å². The summed E-state index contributed by atoms with van der Waals surface area (Å²) in [5.41, 5.74) is 3.10. The highest BCUT2D eigenvalue weighted by Crippen LogP contribution is 2.25. The first-order valence-corrected chi connectivity index (χ1v) is 7.95. The largest absolute Gasteiger partial charge is 0.436 e. The van der Waals surface area contributed by atoms with Gasteiger partial charge in [-0.05, 0) is 48.5 Å². The predicted molar refractivity (Wildman–Crippen MR) is 96.6 cm³/mol. The van der Waals surface area contributed by atoms with Crippen LogP contribution in [0.1, 0.15) is 10.4 Å². The van der Waals surface area contributed by atoms with Gasteiger partial charge in [0.05, 0.1) is 5.56 Å². The number of pyridine rings is 1. The second-order valence-electron chi connectivity index (χ2n) is 5.41. The number of rotatable bonds is 3. The lowest BCUT2D eigenvalue weighted by atomic mass is 10.2. The molecule has 1 N–H and O–H groups in total. The van der Waals surface area contributed by atoms with Crippen LogP contribution < -0.4 is 5.32 Å². The van der Waals surface area contributed by atoms with Gasteiger partial charge in [0.2, 0.25) is 5.89 Å². The van der Waals surface area contributed by atoms with E-state index in [0.29, 0.717) is 33.3 Å². The van der Waals surface area contributed by atoms with E-state index in [0.717, 1.165) is 5.56 Å². The topological polar surface area (TPSA) is 68.0 Å². The van der Waals surface area contributed by atoms with E-state index in [1.165, 1.54) is 0 Å². The Hall–Kier alpha value is -3.18. The first-order chi connectivity index (χ1) is 12.2. The predicted octanol–water partition coefficient (Wildman–Crippen LogP) is 4.80. The van der Waals surface area contributed by atoms with Crippen molar-refractivity contribution in [1.82, 2.24) is 9.97 Å². The Balaban J connectivity index is 1.63. The number of carbonyl (C=O) groups excluding carboxylic acids is 1. The molecule has 1 amide bonds. The van der Waals surface area contributed by atoms with E-state index in [4.69, 9.17) is 16.0 Å². The molecule has 0 saturated carbocycles. The van der Waals surface area contributed by atoms with Crippen molar-refractivity contribution < 1.29 is 9.21 Å². The molecular formula is C19H12ClN3O2. The summed E-state index contributed by atoms with van der Waals surface area (Å²) in [6.07, 6.45) is 3.36. The highest BCUT2D eigenvalue weighted by Gasteiger charge is 2.12. The molecule has 5 nitrogen and oxygen atoms in total. The van der Waals surface area contributed by atoms with Crippen LogP contribution in [0.15, 0.2) is 71.4 Å². The van der Waals surface area contributed by atoms with Crippen LogP contribution in [-0.2, 0) is 0 Å². The van der Waals surface area contributed by atoms with Crippen LogP contribution in [0.25, 0.3) is 22.6 Å². The third-order valence-electron chi connectivity index (χ3n) is 3.64. The fraction of sp³-hybridized carbons (Fsp3) is 0. The van der Waals surface area contributed by atoms with E-state index in [2.05, 4.69) is 15.3 Å². The van der Waals surface area contributed by atoms with Crippen molar-refractivity contribution in [2.75, 3.05) is 5.32 Å². The van der Waals surface area contributed by atoms with Crippen LogP contribution in [0.4, 0.5) is 5.69 Å². The average Bonchev–Trinajstić information content (AvgIpc) is 3.06. The molecule has 2 aromatic carbocycles. The van der Waals surface area contributed by atoms with Crippen LogP contribution in [0, 0.1) is 0 Å². The summed E-state index contributed by atoms with van der Waals surface area (Å²) in [5.74, 6) is 0.221. The molecule has 0 aliphatic rings. The van der Waals surface area contributed by atoms with Gasteiger partial charge in [0.25, 0.3) is 5.91 Å². The minimum atomic E-state index is -0.247. The first-order valence-electron chi connectivity index (χ1n) is 7.57. The first kappa shape index (κ1) is 15.4. The fourth-order valence-electron chi connectivity index (χ4n) is 2.45. The van der Waals surface area contributed by atoms with Crippen molar-refractivity contribution in [2.45, 2.75) is 0 Å². The van der Waals surface area contributed by atoms with Crippen LogP contribution >= 0.6 is 11.6 Å². The minimum absolute atomic E-state index is 0.247. The molecule has 0 unspecified atom stereocenters. The van der Waals surface area contributed by atoms with Gasteiger partial charge in [-0.3, -0.25) is 9.78 Å². The lowest BCUT2D eigenvalue weighted by Gasteiger charge is -2.05. The highest BCUT2D eigenvalue weighted by molar-refractivity contribution is 6.31. The molecule has 0 aliphatic carbocycles. The van der Waals surface area contributed by atoms with Gasteiger partial charge >= 0.3 is 0 Å². The number of fused-ring (bicyclic) bond motifs is 1. The van der Waals surface area contributed by atoms with Crippen molar-refractivity contribution >= 4 is 34.3 Å². The number of hydrogen-bond acceptors (Lipinski definition) is 4. The van der Waals surface area contributed by atoms with Gasteiger partial charge in [-0.15, -0.1) is 0 Å². The summed E-state index contributed by atoms with van der Waals surface area (Å²) in [6.45, 7) is 0. The van der Waals surface area contributed by atoms with Crippen LogP contribution in [0.5, 0.6) is 0 Å². The fourth-order valence-corrected chi connectivity index (χ4v) is 2.64. The number of aromatic nitrogens is 2. The van der Waals surface area contributed by atoms with Crippen LogP contribution in [-0.4, -0.2) is 15.9 Å². The number of halogens is 1. The summed E-state index contributed by atoms with van der Waals surface area (Å²) in [6, 6.07) is 15.8. The molecule has 4 aromatic rings. The molecule has 6 heteroatoms. The number of anilines is 1. The Labute approximate surface area is 148 Å². The summed E-state index contributed by atoms with van der Waals surface area (Å²) in [7, 11) is 0. The zero-order valence-electron chi connectivity index (χ0n) is 12.9. The molecule has 0 aliphatic heterocycles. The van der Waals surface area contributed by atoms with Gasteiger partial charge in [0.1, 0.15) is 5.52 Å². The van der Waals surface area contributed by atoms with Crippen molar-refractivity contribution in [3.8, 4) is 11.5 Å². The number of hydrogen-bond donors (Lipinski definition) is 1. The number of carbonyl (C=O) groups is 1. The number of amides is 1. The van der Waals surface area contributed by atoms with Gasteiger partial charge in [-0.2, -0.15) is 0 Å². The lowest BCUT2D eigenvalue weighted by Crippen LogP contribution is -2.11. The maximum atomic E-state index is 12.4. The third-order valence-corrected chi connectivity index (χ3v) is 3.88. The Morgan fingerprint density at radius 3 is 2.80 bits per heavy atom. The van der Waals surface area contributed by atoms with Crippen LogP contribution in [0.2, 0.25) is 5.02 Å². The number of nitrogens with one attached hydrogen (secondary N) is 1. The van der Waals surface area contributed by atoms with Gasteiger partial charge in [0.15, 0.2) is 5.58 Å². The second-order valence-corrected chi connectivity index (χ2v) is 5.84. The third kappa shape index (κ3) is 3.22. The Morgan fingerprint density at radius 2 is 2.00 bits per heavy atom. The molecule has 25 heavy (non-hydrogen) atoms. The molecule has 0 fully saturated rings. The quantitative estimate of drug-likeness (QED) is 0.577. The molecule has 0 bridgehead atoms. The minimum Gasteiger partial charge on any atom is -0.436 e. The molecule has 0 spiro atoms. The van der Waals surface area contributed by atoms with E-state index < -0.39 is 0 Å². The van der Waals surface area contributed by atoms with E-state index in [1.807, 2.05) is 12.1 Å². The Kier molecular flexibility index (Phi) is 3.91. The smallest absolute Gasteiger partial charge is 0.255 e. The lowest BCUT2D eigenvalue weighted by molar-refractivity contribution is 0.102. The summed E-state index contributed by atoms with van der Waals surface area (Å²) in [4.78, 5) is 20.9. The normalized spacial score (nSPS) is 10.8. The Morgan fingerprint density at radius 1 is 1.08 bits per heavy atom. The van der Waals surface area contributed by atoms with Gasteiger partial charge in [-0.25, -0.2) is 4.98 Å². The summed E-state index contributed by atoms with van der Waals surface area (Å²) < 4.78 is 5.76. The molecule has 2 aromatic heterocycles. The second kappa shape index (κ2) is 6.37. The number of oxazole rings is 1. The van der Waals surface area contributed by atoms with E-state index in [9.17, 15) is 4.79 Å². The summed E-state index contributed by atoms with van der Waals surface area (Å²) in [5, 5.41) is 3.37. The molecule has 122 valence electrons. The zero-order chi connectivity index (χ0) is 17.2. The molecule has 0 radical (unpaired) electrons. The van der Waals surface area contributed by atoms with E-state index in [1.54, 1.807) is 54.9 Å². The van der Waals surface area contributed by atoms with Crippen molar-refractivity contribution in [2.24, 2.45) is 0 Å². The van der Waals surface area contributed by atoms with Crippen molar-refractivity contribution in [3.63, 3.8) is 0 Å². The van der Waals surface area contributed by atoms with Crippen LogP contribution in [0.3, 0.4) is 0 Å². The zero-order valence-corrected chi connectivity index (χ0v) is 13.7. The maximum absolute atomic E-state index is 12.4. The maximum Gasteiger partial charge on any atom is 0.255 e. The van der Waals surface area contributed by atoms with Crippen molar-refractivity contribution in [1.29, 1.82) is 0 Å². The molecule has 4 rings (SSSR count). The highest BCUT2D eigenvalue weighted by atomic mass is 35.5.